The first-order valence-corrected chi connectivity index (χ1v) is 7.78. The number of carboxylic acid groups (broad SMARTS) is 1. The van der Waals surface area contributed by atoms with Crippen LogP contribution in [0, 0.1) is 5.92 Å². The van der Waals surface area contributed by atoms with Crippen LogP contribution in [0.25, 0.3) is 0 Å². The number of alkyl halides is 1. The van der Waals surface area contributed by atoms with E-state index in [0.29, 0.717) is 5.56 Å². The van der Waals surface area contributed by atoms with Gasteiger partial charge in [0.25, 0.3) is 0 Å². The van der Waals surface area contributed by atoms with Crippen LogP contribution in [-0.4, -0.2) is 28.3 Å². The number of carboxylic acids is 1. The van der Waals surface area contributed by atoms with E-state index in [1.54, 1.807) is 32.9 Å². The van der Waals surface area contributed by atoms with Gasteiger partial charge in [0.05, 0.1) is 5.56 Å². The Balaban J connectivity index is 2.36. The van der Waals surface area contributed by atoms with Gasteiger partial charge in [0.2, 0.25) is 5.67 Å². The minimum absolute atomic E-state index is 0.0292. The van der Waals surface area contributed by atoms with Crippen LogP contribution in [-0.2, 0) is 9.53 Å². The lowest BCUT2D eigenvalue weighted by Gasteiger charge is -2.32. The highest BCUT2D eigenvalue weighted by Crippen LogP contribution is 2.50. The second-order valence-corrected chi connectivity index (χ2v) is 7.32. The molecule has 0 heterocycles. The highest BCUT2D eigenvalue weighted by Gasteiger charge is 2.51. The maximum atomic E-state index is 15.4. The molecule has 0 aromatic heterocycles. The molecule has 4 nitrogen and oxygen atoms in total. The summed E-state index contributed by atoms with van der Waals surface area (Å²) in [5.41, 5.74) is -2.36. The summed E-state index contributed by atoms with van der Waals surface area (Å²) in [6.07, 6.45) is 1.65. The minimum atomic E-state index is -2.20. The van der Waals surface area contributed by atoms with Crippen molar-refractivity contribution in [2.45, 2.75) is 57.7 Å². The number of hydrogen-bond acceptors (Lipinski definition) is 3. The molecule has 0 saturated heterocycles. The predicted molar refractivity (Wildman–Crippen MR) is 84.2 cm³/mol. The normalized spacial score (nSPS) is 18.8. The Labute approximate surface area is 135 Å². The first-order valence-electron chi connectivity index (χ1n) is 7.78. The summed E-state index contributed by atoms with van der Waals surface area (Å²) in [4.78, 5) is 23.5. The second kappa shape index (κ2) is 5.95. The van der Waals surface area contributed by atoms with Crippen LogP contribution >= 0.6 is 0 Å². The third-order valence-electron chi connectivity index (χ3n) is 3.97. The van der Waals surface area contributed by atoms with Crippen LogP contribution in [0.1, 0.15) is 62.4 Å². The molecule has 2 atom stereocenters. The zero-order chi connectivity index (χ0) is 17.4. The van der Waals surface area contributed by atoms with Crippen molar-refractivity contribution in [3.05, 3.63) is 35.4 Å². The lowest BCUT2D eigenvalue weighted by Crippen LogP contribution is -2.43. The molecule has 0 radical (unpaired) electrons. The molecule has 1 aliphatic rings. The highest BCUT2D eigenvalue weighted by atomic mass is 19.1. The van der Waals surface area contributed by atoms with E-state index in [2.05, 4.69) is 0 Å². The maximum absolute atomic E-state index is 15.4. The van der Waals surface area contributed by atoms with Crippen LogP contribution in [0.15, 0.2) is 24.3 Å². The molecule has 0 unspecified atom stereocenters. The molecule has 1 saturated carbocycles. The number of aromatic carboxylic acids is 1. The molecule has 2 rings (SSSR count). The molecule has 1 aliphatic carbocycles. The van der Waals surface area contributed by atoms with Crippen molar-refractivity contribution in [2.75, 3.05) is 0 Å². The lowest BCUT2D eigenvalue weighted by molar-refractivity contribution is -0.170. The second-order valence-electron chi connectivity index (χ2n) is 7.32. The molecule has 1 fully saturated rings. The molecule has 1 aromatic rings. The zero-order valence-electron chi connectivity index (χ0n) is 13.9. The number of halogens is 1. The lowest BCUT2D eigenvalue weighted by atomic mass is 9.80. The smallest absolute Gasteiger partial charge is 0.344 e. The molecule has 1 aromatic carbocycles. The number of benzene rings is 1. The number of carbonyl (C=O) groups excluding carboxylic acids is 1. The average molecular weight is 322 g/mol. The Morgan fingerprint density at radius 2 is 1.87 bits per heavy atom. The quantitative estimate of drug-likeness (QED) is 0.834. The van der Waals surface area contributed by atoms with Gasteiger partial charge in [-0.3, -0.25) is 0 Å². The number of esters is 1. The van der Waals surface area contributed by atoms with Crippen LogP contribution in [0.2, 0.25) is 0 Å². The molecular formula is C18H23FO4. The van der Waals surface area contributed by atoms with E-state index in [9.17, 15) is 9.59 Å². The van der Waals surface area contributed by atoms with E-state index < -0.39 is 29.1 Å². The number of carbonyl (C=O) groups is 2. The summed E-state index contributed by atoms with van der Waals surface area (Å²) in [6.45, 7) is 6.31. The van der Waals surface area contributed by atoms with Crippen molar-refractivity contribution < 1.29 is 23.8 Å². The van der Waals surface area contributed by atoms with Crippen molar-refractivity contribution in [2.24, 2.45) is 5.92 Å². The molecule has 23 heavy (non-hydrogen) atoms. The van der Waals surface area contributed by atoms with Gasteiger partial charge in [-0.2, -0.15) is 0 Å². The molecule has 5 heteroatoms. The van der Waals surface area contributed by atoms with Crippen LogP contribution in [0.3, 0.4) is 0 Å². The summed E-state index contributed by atoms with van der Waals surface area (Å²) in [5.74, 6) is -2.64. The first kappa shape index (κ1) is 17.4. The van der Waals surface area contributed by atoms with E-state index in [1.807, 2.05) is 0 Å². The fourth-order valence-corrected chi connectivity index (χ4v) is 2.83. The molecule has 0 aliphatic heterocycles. The summed E-state index contributed by atoms with van der Waals surface area (Å²) in [5, 5.41) is 9.12. The molecule has 0 amide bonds. The predicted octanol–water partition coefficient (Wildman–Crippen LogP) is 3.95. The largest absolute Gasteiger partial charge is 0.478 e. The van der Waals surface area contributed by atoms with Crippen LogP contribution < -0.4 is 0 Å². The minimum Gasteiger partial charge on any atom is -0.478 e. The zero-order valence-corrected chi connectivity index (χ0v) is 13.9. The van der Waals surface area contributed by atoms with Gasteiger partial charge in [-0.25, -0.2) is 14.0 Å². The number of rotatable bonds is 5. The Hall–Kier alpha value is -1.91. The van der Waals surface area contributed by atoms with E-state index in [1.165, 1.54) is 19.1 Å². The third-order valence-corrected chi connectivity index (χ3v) is 3.97. The van der Waals surface area contributed by atoms with E-state index in [4.69, 9.17) is 9.84 Å². The number of hydrogen-bond donors (Lipinski definition) is 1. The van der Waals surface area contributed by atoms with E-state index in [0.717, 1.165) is 12.8 Å². The molecule has 0 bridgehead atoms. The van der Waals surface area contributed by atoms with Gasteiger partial charge in [0.15, 0.2) is 0 Å². The first-order chi connectivity index (χ1) is 10.5. The fraction of sp³-hybridized carbons (Fsp3) is 0.556. The Bertz CT molecular complexity index is 612. The average Bonchev–Trinajstić information content (AvgIpc) is 3.21. The molecule has 0 spiro atoms. The van der Waals surface area contributed by atoms with Crippen LogP contribution in [0.5, 0.6) is 0 Å². The SMILES string of the molecule is CC(C)(C)OC(=O)[C@](C)(F)[C@H](c1cccc(C(=O)O)c1)C1CC1. The van der Waals surface area contributed by atoms with Crippen molar-refractivity contribution >= 4 is 11.9 Å². The van der Waals surface area contributed by atoms with Gasteiger partial charge < -0.3 is 9.84 Å². The molecular weight excluding hydrogens is 299 g/mol. The van der Waals surface area contributed by atoms with Gasteiger partial charge in [-0.05, 0) is 64.2 Å². The maximum Gasteiger partial charge on any atom is 0.344 e. The Morgan fingerprint density at radius 3 is 2.35 bits per heavy atom. The van der Waals surface area contributed by atoms with Crippen LogP contribution in [0.4, 0.5) is 4.39 Å². The summed E-state index contributed by atoms with van der Waals surface area (Å²) in [6, 6.07) is 6.17. The summed E-state index contributed by atoms with van der Waals surface area (Å²) >= 11 is 0. The fourth-order valence-electron chi connectivity index (χ4n) is 2.83. The van der Waals surface area contributed by atoms with Gasteiger partial charge in [-0.1, -0.05) is 12.1 Å². The van der Waals surface area contributed by atoms with E-state index in [-0.39, 0.29) is 11.5 Å². The molecule has 1 N–H and O–H groups in total. The van der Waals surface area contributed by atoms with Gasteiger partial charge in [0, 0.05) is 5.92 Å². The Kier molecular flexibility index (Phi) is 4.51. The van der Waals surface area contributed by atoms with Crippen molar-refractivity contribution in [3.63, 3.8) is 0 Å². The summed E-state index contributed by atoms with van der Waals surface area (Å²) in [7, 11) is 0. The molecule has 126 valence electrons. The summed E-state index contributed by atoms with van der Waals surface area (Å²) < 4.78 is 20.6. The standard InChI is InChI=1S/C18H23FO4/c1-17(2,3)23-16(22)18(4,19)14(11-8-9-11)12-6-5-7-13(10-12)15(20)21/h5-7,10-11,14H,8-9H2,1-4H3,(H,20,21)/t14-,18+/m0/s1. The van der Waals surface area contributed by atoms with Gasteiger partial charge in [0.1, 0.15) is 5.60 Å². The highest BCUT2D eigenvalue weighted by molar-refractivity contribution is 5.88. The third kappa shape index (κ3) is 4.09. The van der Waals surface area contributed by atoms with Gasteiger partial charge in [-0.15, -0.1) is 0 Å². The topological polar surface area (TPSA) is 63.6 Å². The van der Waals surface area contributed by atoms with Crippen molar-refractivity contribution in [1.29, 1.82) is 0 Å². The van der Waals surface area contributed by atoms with Crippen molar-refractivity contribution in [1.82, 2.24) is 0 Å². The monoisotopic (exact) mass is 322 g/mol. The van der Waals surface area contributed by atoms with Gasteiger partial charge >= 0.3 is 11.9 Å². The van der Waals surface area contributed by atoms with E-state index >= 15 is 4.39 Å². The number of ether oxygens (including phenoxy) is 1. The Morgan fingerprint density at radius 1 is 1.26 bits per heavy atom. The van der Waals surface area contributed by atoms with Crippen molar-refractivity contribution in [3.8, 4) is 0 Å².